The zero-order chi connectivity index (χ0) is 9.84. The fraction of sp³-hybridized carbons (Fsp3) is 0.300. The van der Waals surface area contributed by atoms with Gasteiger partial charge in [-0.3, -0.25) is 0 Å². The van der Waals surface area contributed by atoms with Gasteiger partial charge in [0.15, 0.2) is 0 Å². The Morgan fingerprint density at radius 1 is 1.54 bits per heavy atom. The van der Waals surface area contributed by atoms with Crippen LogP contribution in [0, 0.1) is 12.4 Å². The molecule has 0 aliphatic carbocycles. The highest BCUT2D eigenvalue weighted by Crippen LogP contribution is 2.31. The SMILES string of the molecule is [C-]#[N+]c1ccc(F)c(CCC)c1Cl. The lowest BCUT2D eigenvalue weighted by molar-refractivity contribution is 0.608. The van der Waals surface area contributed by atoms with E-state index in [-0.39, 0.29) is 10.8 Å². The maximum Gasteiger partial charge on any atom is 0.205 e. The van der Waals surface area contributed by atoms with E-state index in [1.807, 2.05) is 6.92 Å². The Morgan fingerprint density at radius 3 is 2.77 bits per heavy atom. The zero-order valence-electron chi connectivity index (χ0n) is 7.27. The van der Waals surface area contributed by atoms with E-state index in [0.717, 1.165) is 6.42 Å². The molecule has 0 aliphatic rings. The first-order chi connectivity index (χ1) is 6.20. The van der Waals surface area contributed by atoms with Crippen molar-refractivity contribution in [3.63, 3.8) is 0 Å². The summed E-state index contributed by atoms with van der Waals surface area (Å²) < 4.78 is 13.2. The summed E-state index contributed by atoms with van der Waals surface area (Å²) in [7, 11) is 0. The normalized spacial score (nSPS) is 9.69. The van der Waals surface area contributed by atoms with Gasteiger partial charge >= 0.3 is 0 Å². The van der Waals surface area contributed by atoms with Crippen molar-refractivity contribution in [3.05, 3.63) is 40.0 Å². The number of rotatable bonds is 2. The fourth-order valence-electron chi connectivity index (χ4n) is 1.15. The summed E-state index contributed by atoms with van der Waals surface area (Å²) in [5.74, 6) is -0.320. The van der Waals surface area contributed by atoms with Crippen LogP contribution in [0.2, 0.25) is 5.02 Å². The molecular weight excluding hydrogens is 189 g/mol. The van der Waals surface area contributed by atoms with E-state index in [1.54, 1.807) is 0 Å². The molecule has 0 aliphatic heterocycles. The Labute approximate surface area is 82.0 Å². The predicted molar refractivity (Wildman–Crippen MR) is 51.7 cm³/mol. The Hall–Kier alpha value is -1.07. The first kappa shape index (κ1) is 10.0. The van der Waals surface area contributed by atoms with Crippen molar-refractivity contribution < 1.29 is 4.39 Å². The molecule has 3 heteroatoms. The number of hydrogen-bond donors (Lipinski definition) is 0. The molecule has 0 unspecified atom stereocenters. The molecule has 13 heavy (non-hydrogen) atoms. The van der Waals surface area contributed by atoms with Crippen molar-refractivity contribution in [2.45, 2.75) is 19.8 Å². The van der Waals surface area contributed by atoms with Crippen molar-refractivity contribution in [1.29, 1.82) is 0 Å². The maximum atomic E-state index is 13.2. The van der Waals surface area contributed by atoms with Gasteiger partial charge in [-0.25, -0.2) is 9.24 Å². The predicted octanol–water partition coefficient (Wildman–Crippen LogP) is 3.98. The summed E-state index contributed by atoms with van der Waals surface area (Å²) in [4.78, 5) is 3.21. The third-order valence-corrected chi connectivity index (χ3v) is 2.21. The van der Waals surface area contributed by atoms with Gasteiger partial charge in [-0.15, -0.1) is 0 Å². The minimum absolute atomic E-state index is 0.261. The zero-order valence-corrected chi connectivity index (χ0v) is 8.03. The molecule has 1 aromatic carbocycles. The molecular formula is C10H9ClFN. The van der Waals surface area contributed by atoms with Crippen LogP contribution in [0.4, 0.5) is 10.1 Å². The monoisotopic (exact) mass is 197 g/mol. The number of hydrogen-bond acceptors (Lipinski definition) is 0. The quantitative estimate of drug-likeness (QED) is 0.632. The highest BCUT2D eigenvalue weighted by Gasteiger charge is 2.10. The molecule has 1 aromatic rings. The third-order valence-electron chi connectivity index (χ3n) is 1.79. The van der Waals surface area contributed by atoms with Crippen LogP contribution in [0.1, 0.15) is 18.9 Å². The Balaban J connectivity index is 3.23. The molecule has 1 rings (SSSR count). The average molecular weight is 198 g/mol. The van der Waals surface area contributed by atoms with E-state index in [0.29, 0.717) is 17.7 Å². The molecule has 0 aromatic heterocycles. The van der Waals surface area contributed by atoms with E-state index in [2.05, 4.69) is 4.85 Å². The molecule has 0 saturated heterocycles. The highest BCUT2D eigenvalue weighted by molar-refractivity contribution is 6.34. The third kappa shape index (κ3) is 1.99. The lowest BCUT2D eigenvalue weighted by Crippen LogP contribution is -1.90. The standard InChI is InChI=1S/C10H9ClFN/c1-3-4-7-8(12)5-6-9(13-2)10(7)11/h5-6H,3-4H2,1H3. The summed E-state index contributed by atoms with van der Waals surface area (Å²) >= 11 is 5.84. The van der Waals surface area contributed by atoms with Crippen LogP contribution in [-0.2, 0) is 6.42 Å². The first-order valence-electron chi connectivity index (χ1n) is 4.05. The van der Waals surface area contributed by atoms with Gasteiger partial charge in [0.05, 0.1) is 11.6 Å². The second-order valence-electron chi connectivity index (χ2n) is 2.72. The van der Waals surface area contributed by atoms with Crippen molar-refractivity contribution in [3.8, 4) is 0 Å². The first-order valence-corrected chi connectivity index (χ1v) is 4.42. The topological polar surface area (TPSA) is 4.36 Å². The summed E-state index contributed by atoms with van der Waals surface area (Å²) in [5.41, 5.74) is 0.782. The fourth-order valence-corrected chi connectivity index (χ4v) is 1.44. The average Bonchev–Trinajstić information content (AvgIpc) is 2.12. The molecule has 68 valence electrons. The molecule has 0 spiro atoms. The van der Waals surface area contributed by atoms with Crippen molar-refractivity contribution in [2.75, 3.05) is 0 Å². The summed E-state index contributed by atoms with van der Waals surface area (Å²) in [6, 6.07) is 2.70. The number of nitrogens with zero attached hydrogens (tertiary/aromatic N) is 1. The lowest BCUT2D eigenvalue weighted by atomic mass is 10.1. The van der Waals surface area contributed by atoms with E-state index in [4.69, 9.17) is 18.2 Å². The molecule has 1 nitrogen and oxygen atoms in total. The Kier molecular flexibility index (Phi) is 3.27. The van der Waals surface area contributed by atoms with Gasteiger partial charge in [0.2, 0.25) is 5.69 Å². The van der Waals surface area contributed by atoms with Crippen LogP contribution in [0.3, 0.4) is 0 Å². The molecule has 0 N–H and O–H groups in total. The second-order valence-corrected chi connectivity index (χ2v) is 3.10. The van der Waals surface area contributed by atoms with Crippen LogP contribution in [0.25, 0.3) is 4.85 Å². The van der Waals surface area contributed by atoms with Crippen LogP contribution >= 0.6 is 11.6 Å². The molecule has 0 bridgehead atoms. The maximum absolute atomic E-state index is 13.2. The van der Waals surface area contributed by atoms with E-state index in [9.17, 15) is 4.39 Å². The van der Waals surface area contributed by atoms with Gasteiger partial charge in [0.25, 0.3) is 0 Å². The van der Waals surface area contributed by atoms with E-state index < -0.39 is 0 Å². The lowest BCUT2D eigenvalue weighted by Gasteiger charge is -2.05. The van der Waals surface area contributed by atoms with Gasteiger partial charge in [0.1, 0.15) is 5.82 Å². The molecule has 0 radical (unpaired) electrons. The Morgan fingerprint density at radius 2 is 2.23 bits per heavy atom. The van der Waals surface area contributed by atoms with Gasteiger partial charge in [-0.05, 0) is 18.1 Å². The summed E-state index contributed by atoms with van der Waals surface area (Å²) in [5, 5.41) is 0.261. The number of benzene rings is 1. The summed E-state index contributed by atoms with van der Waals surface area (Å²) in [6.45, 7) is 8.75. The molecule has 0 saturated carbocycles. The van der Waals surface area contributed by atoms with Crippen molar-refractivity contribution in [2.24, 2.45) is 0 Å². The van der Waals surface area contributed by atoms with Crippen molar-refractivity contribution in [1.82, 2.24) is 0 Å². The van der Waals surface area contributed by atoms with Crippen LogP contribution in [0.15, 0.2) is 12.1 Å². The van der Waals surface area contributed by atoms with E-state index >= 15 is 0 Å². The number of halogens is 2. The van der Waals surface area contributed by atoms with Gasteiger partial charge in [0, 0.05) is 0 Å². The van der Waals surface area contributed by atoms with Gasteiger partial charge in [-0.2, -0.15) is 0 Å². The van der Waals surface area contributed by atoms with Gasteiger partial charge in [-0.1, -0.05) is 31.0 Å². The van der Waals surface area contributed by atoms with Crippen molar-refractivity contribution >= 4 is 17.3 Å². The molecule has 0 atom stereocenters. The van der Waals surface area contributed by atoms with Crippen LogP contribution in [0.5, 0.6) is 0 Å². The van der Waals surface area contributed by atoms with Crippen LogP contribution in [-0.4, -0.2) is 0 Å². The smallest absolute Gasteiger partial charge is 0.205 e. The molecule has 0 heterocycles. The van der Waals surface area contributed by atoms with Gasteiger partial charge < -0.3 is 0 Å². The minimum atomic E-state index is -0.320. The summed E-state index contributed by atoms with van der Waals surface area (Å²) in [6.07, 6.45) is 1.39. The molecule has 0 amide bonds. The Bertz CT molecular complexity index is 355. The highest BCUT2D eigenvalue weighted by atomic mass is 35.5. The van der Waals surface area contributed by atoms with Crippen LogP contribution < -0.4 is 0 Å². The minimum Gasteiger partial charge on any atom is -0.237 e. The second kappa shape index (κ2) is 4.25. The molecule has 0 fully saturated rings. The van der Waals surface area contributed by atoms with E-state index in [1.165, 1.54) is 12.1 Å². The largest absolute Gasteiger partial charge is 0.237 e.